The highest BCUT2D eigenvalue weighted by Crippen LogP contribution is 2.13. The number of benzene rings is 1. The minimum Gasteiger partial charge on any atom is -0.493 e. The summed E-state index contributed by atoms with van der Waals surface area (Å²) in [5.41, 5.74) is 2.23. The number of rotatable bonds is 6. The third kappa shape index (κ3) is 5.02. The van der Waals surface area contributed by atoms with Gasteiger partial charge in [0.1, 0.15) is 19.5 Å². The second-order valence-corrected chi connectivity index (χ2v) is 5.16. The van der Waals surface area contributed by atoms with Gasteiger partial charge in [0, 0.05) is 0 Å². The summed E-state index contributed by atoms with van der Waals surface area (Å²) >= 11 is 0. The van der Waals surface area contributed by atoms with Gasteiger partial charge in [0.2, 0.25) is 5.76 Å². The van der Waals surface area contributed by atoms with Crippen LogP contribution >= 0.6 is 0 Å². The van der Waals surface area contributed by atoms with Gasteiger partial charge >= 0.3 is 5.97 Å². The fourth-order valence-corrected chi connectivity index (χ4v) is 2.09. The zero-order chi connectivity index (χ0) is 16.7. The summed E-state index contributed by atoms with van der Waals surface area (Å²) in [6.07, 6.45) is 2.17. The van der Waals surface area contributed by atoms with Gasteiger partial charge < -0.3 is 19.5 Å². The van der Waals surface area contributed by atoms with Crippen LogP contribution in [0.4, 0.5) is 0 Å². The Hall–Kier alpha value is -2.50. The molecule has 0 radical (unpaired) electrons. The van der Waals surface area contributed by atoms with E-state index in [2.05, 4.69) is 12.2 Å². The smallest absolute Gasteiger partial charge is 0.377 e. The van der Waals surface area contributed by atoms with Crippen LogP contribution in [0.25, 0.3) is 0 Å². The Labute approximate surface area is 135 Å². The first-order valence-corrected chi connectivity index (χ1v) is 7.60. The summed E-state index contributed by atoms with van der Waals surface area (Å²) in [6.45, 7) is 4.28. The molecule has 6 nitrogen and oxygen atoms in total. The third-order valence-corrected chi connectivity index (χ3v) is 3.45. The molecule has 1 aliphatic rings. The van der Waals surface area contributed by atoms with Gasteiger partial charge in [0.25, 0.3) is 5.91 Å². The van der Waals surface area contributed by atoms with Crippen LogP contribution < -0.4 is 5.32 Å². The maximum Gasteiger partial charge on any atom is 0.377 e. The molecule has 1 aromatic carbocycles. The van der Waals surface area contributed by atoms with Crippen molar-refractivity contribution in [3.63, 3.8) is 0 Å². The lowest BCUT2D eigenvalue weighted by Crippen LogP contribution is -2.31. The molecule has 124 valence electrons. The van der Waals surface area contributed by atoms with E-state index in [1.807, 2.05) is 31.2 Å². The lowest BCUT2D eigenvalue weighted by molar-refractivity contribution is -0.149. The molecule has 0 unspecified atom stereocenters. The van der Waals surface area contributed by atoms with Gasteiger partial charge in [-0.25, -0.2) is 4.79 Å². The van der Waals surface area contributed by atoms with E-state index in [1.54, 1.807) is 0 Å². The Balaban J connectivity index is 1.79. The fourth-order valence-electron chi connectivity index (χ4n) is 2.09. The van der Waals surface area contributed by atoms with E-state index in [0.717, 1.165) is 12.0 Å². The molecule has 1 amide bonds. The predicted octanol–water partition coefficient (Wildman–Crippen LogP) is 1.86. The van der Waals surface area contributed by atoms with Gasteiger partial charge in [-0.2, -0.15) is 0 Å². The van der Waals surface area contributed by atoms with Crippen LogP contribution in [-0.2, 0) is 30.2 Å². The normalized spacial score (nSPS) is 14.8. The largest absolute Gasteiger partial charge is 0.493 e. The fraction of sp³-hybridized carbons (Fsp3) is 0.412. The average Bonchev–Trinajstić information content (AvgIpc) is 2.60. The molecule has 0 saturated carbocycles. The first-order chi connectivity index (χ1) is 11.1. The minimum atomic E-state index is -0.709. The van der Waals surface area contributed by atoms with Crippen LogP contribution in [0.1, 0.15) is 31.0 Å². The second-order valence-electron chi connectivity index (χ2n) is 5.16. The number of carbonyl (C=O) groups is 2. The summed E-state index contributed by atoms with van der Waals surface area (Å²) in [6, 6.07) is 7.86. The van der Waals surface area contributed by atoms with E-state index >= 15 is 0 Å². The highest BCUT2D eigenvalue weighted by atomic mass is 16.6. The van der Waals surface area contributed by atoms with Crippen molar-refractivity contribution in [1.29, 1.82) is 0 Å². The molecule has 1 N–H and O–H groups in total. The van der Waals surface area contributed by atoms with Crippen molar-refractivity contribution in [3.05, 3.63) is 47.4 Å². The Morgan fingerprint density at radius 1 is 1.26 bits per heavy atom. The SMILES string of the molecule is CCc1ccc([C@@H](C)NC(=O)COC(=O)C2=COCCO2)cc1. The zero-order valence-electron chi connectivity index (χ0n) is 13.3. The van der Waals surface area contributed by atoms with Crippen molar-refractivity contribution in [2.24, 2.45) is 0 Å². The molecule has 0 bridgehead atoms. The van der Waals surface area contributed by atoms with E-state index < -0.39 is 5.97 Å². The number of amides is 1. The van der Waals surface area contributed by atoms with Crippen LogP contribution in [0.15, 0.2) is 36.3 Å². The summed E-state index contributed by atoms with van der Waals surface area (Å²) < 4.78 is 14.9. The first-order valence-electron chi connectivity index (χ1n) is 7.60. The van der Waals surface area contributed by atoms with Gasteiger partial charge in [-0.3, -0.25) is 4.79 Å². The molecule has 1 atom stereocenters. The molecular formula is C17H21NO5. The van der Waals surface area contributed by atoms with E-state index in [9.17, 15) is 9.59 Å². The molecular weight excluding hydrogens is 298 g/mol. The predicted molar refractivity (Wildman–Crippen MR) is 83.3 cm³/mol. The summed E-state index contributed by atoms with van der Waals surface area (Å²) in [5, 5.41) is 2.78. The molecule has 6 heteroatoms. The molecule has 0 spiro atoms. The highest BCUT2D eigenvalue weighted by Gasteiger charge is 2.18. The third-order valence-electron chi connectivity index (χ3n) is 3.45. The second kappa shape index (κ2) is 8.22. The van der Waals surface area contributed by atoms with Crippen molar-refractivity contribution >= 4 is 11.9 Å². The number of carbonyl (C=O) groups excluding carboxylic acids is 2. The molecule has 0 aromatic heterocycles. The van der Waals surface area contributed by atoms with E-state index in [1.165, 1.54) is 11.8 Å². The van der Waals surface area contributed by atoms with Gasteiger partial charge in [-0.15, -0.1) is 0 Å². The minimum absolute atomic E-state index is 0.0211. The Morgan fingerprint density at radius 3 is 2.61 bits per heavy atom. The highest BCUT2D eigenvalue weighted by molar-refractivity contribution is 5.88. The van der Waals surface area contributed by atoms with E-state index in [-0.39, 0.29) is 30.9 Å². The lowest BCUT2D eigenvalue weighted by Gasteiger charge is -2.16. The van der Waals surface area contributed by atoms with Gasteiger partial charge in [-0.1, -0.05) is 31.2 Å². The van der Waals surface area contributed by atoms with Gasteiger partial charge in [-0.05, 0) is 24.5 Å². The number of hydrogen-bond donors (Lipinski definition) is 1. The summed E-state index contributed by atoms with van der Waals surface area (Å²) in [4.78, 5) is 23.5. The van der Waals surface area contributed by atoms with Crippen LogP contribution in [0, 0.1) is 0 Å². The topological polar surface area (TPSA) is 73.9 Å². The quantitative estimate of drug-likeness (QED) is 0.810. The van der Waals surface area contributed by atoms with Gasteiger partial charge in [0.05, 0.1) is 6.04 Å². The Bertz CT molecular complexity index is 579. The number of aryl methyl sites for hydroxylation is 1. The molecule has 23 heavy (non-hydrogen) atoms. The number of hydrogen-bond acceptors (Lipinski definition) is 5. The maximum absolute atomic E-state index is 11.9. The zero-order valence-corrected chi connectivity index (χ0v) is 13.3. The van der Waals surface area contributed by atoms with Crippen molar-refractivity contribution in [2.75, 3.05) is 19.8 Å². The van der Waals surface area contributed by atoms with Crippen molar-refractivity contribution in [3.8, 4) is 0 Å². The van der Waals surface area contributed by atoms with Gasteiger partial charge in [0.15, 0.2) is 6.61 Å². The van der Waals surface area contributed by atoms with Crippen molar-refractivity contribution in [1.82, 2.24) is 5.32 Å². The number of esters is 1. The molecule has 0 aliphatic carbocycles. The van der Waals surface area contributed by atoms with Crippen LogP contribution in [0.5, 0.6) is 0 Å². The Kier molecular flexibility index (Phi) is 6.02. The van der Waals surface area contributed by atoms with Crippen molar-refractivity contribution in [2.45, 2.75) is 26.3 Å². The molecule has 0 fully saturated rings. The van der Waals surface area contributed by atoms with E-state index in [0.29, 0.717) is 6.61 Å². The molecule has 0 saturated heterocycles. The van der Waals surface area contributed by atoms with E-state index in [4.69, 9.17) is 14.2 Å². The molecule has 1 heterocycles. The molecule has 1 aliphatic heterocycles. The standard InChI is InChI=1S/C17H21NO5/c1-3-13-4-6-14(7-5-13)12(2)18-16(19)11-23-17(20)15-10-21-8-9-22-15/h4-7,10,12H,3,8-9,11H2,1-2H3,(H,18,19)/t12-/m1/s1. The van der Waals surface area contributed by atoms with Crippen molar-refractivity contribution < 1.29 is 23.8 Å². The van der Waals surface area contributed by atoms with Crippen LogP contribution in [0.2, 0.25) is 0 Å². The molecule has 2 rings (SSSR count). The maximum atomic E-state index is 11.9. The van der Waals surface area contributed by atoms with Crippen LogP contribution in [-0.4, -0.2) is 31.7 Å². The lowest BCUT2D eigenvalue weighted by atomic mass is 10.1. The molecule has 1 aromatic rings. The summed E-state index contributed by atoms with van der Waals surface area (Å²) in [5.74, 6) is -1.10. The average molecular weight is 319 g/mol. The number of nitrogens with one attached hydrogen (secondary N) is 1. The first kappa shape index (κ1) is 16.9. The number of ether oxygens (including phenoxy) is 3. The monoisotopic (exact) mass is 319 g/mol. The van der Waals surface area contributed by atoms with Crippen LogP contribution in [0.3, 0.4) is 0 Å². The summed E-state index contributed by atoms with van der Waals surface area (Å²) in [7, 11) is 0. The Morgan fingerprint density at radius 2 is 2.00 bits per heavy atom.